The number of rotatable bonds is 4. The highest BCUT2D eigenvalue weighted by Gasteiger charge is 2.50. The molecule has 0 N–H and O–H groups in total. The molecule has 10 aromatic rings. The maximum atomic E-state index is 5.08. The van der Waals surface area contributed by atoms with Crippen LogP contribution in [-0.2, 0) is 5.41 Å². The van der Waals surface area contributed by atoms with Gasteiger partial charge in [-0.2, -0.15) is 0 Å². The second-order valence-corrected chi connectivity index (χ2v) is 16.3. The summed E-state index contributed by atoms with van der Waals surface area (Å²) >= 11 is 1.94. The van der Waals surface area contributed by atoms with Crippen molar-refractivity contribution in [3.63, 3.8) is 0 Å². The first-order valence-electron chi connectivity index (χ1n) is 19.8. The van der Waals surface area contributed by atoms with Gasteiger partial charge in [-0.1, -0.05) is 206 Å². The Morgan fingerprint density at radius 1 is 0.328 bits per heavy atom. The van der Waals surface area contributed by atoms with Crippen LogP contribution in [0.4, 0.5) is 0 Å². The van der Waals surface area contributed by atoms with Gasteiger partial charge in [-0.05, 0) is 78.2 Å². The molecule has 3 heteroatoms. The SMILES string of the molecule is c1ccc(-c2cc(-c3ccc(-c4ccc5c(c4)-c4ccccc4C54c5ccc6ccccc6c5Sc5c4ccc4ccccc54)cc3)nc(-c3ccccc3)n2)cc1. The van der Waals surface area contributed by atoms with E-state index in [-0.39, 0.29) is 0 Å². The van der Waals surface area contributed by atoms with Crippen LogP contribution < -0.4 is 0 Å². The topological polar surface area (TPSA) is 25.8 Å². The van der Waals surface area contributed by atoms with Gasteiger partial charge in [-0.15, -0.1) is 0 Å². The van der Waals surface area contributed by atoms with Crippen molar-refractivity contribution in [2.45, 2.75) is 15.2 Å². The first kappa shape index (κ1) is 33.1. The molecular weight excluding hydrogens is 721 g/mol. The summed E-state index contributed by atoms with van der Waals surface area (Å²) in [6, 6.07) is 75.0. The van der Waals surface area contributed by atoms with Crippen molar-refractivity contribution in [3.8, 4) is 56.2 Å². The lowest BCUT2D eigenvalue weighted by atomic mass is 9.66. The normalized spacial score (nSPS) is 13.2. The van der Waals surface area contributed by atoms with Crippen LogP contribution in [0.25, 0.3) is 77.7 Å². The lowest BCUT2D eigenvalue weighted by molar-refractivity contribution is 0.729. The Bertz CT molecular complexity index is 3100. The zero-order valence-electron chi connectivity index (χ0n) is 31.4. The summed E-state index contributed by atoms with van der Waals surface area (Å²) in [4.78, 5) is 12.8. The summed E-state index contributed by atoms with van der Waals surface area (Å²) in [5.41, 5.74) is 14.8. The fourth-order valence-electron chi connectivity index (χ4n) is 9.49. The Morgan fingerprint density at radius 3 is 1.47 bits per heavy atom. The Kier molecular flexibility index (Phi) is 7.41. The molecule has 1 aliphatic carbocycles. The quantitative estimate of drug-likeness (QED) is 0.179. The molecule has 9 aromatic carbocycles. The Labute approximate surface area is 341 Å². The maximum Gasteiger partial charge on any atom is 0.160 e. The van der Waals surface area contributed by atoms with Gasteiger partial charge in [0.05, 0.1) is 16.8 Å². The summed E-state index contributed by atoms with van der Waals surface area (Å²) in [6.07, 6.45) is 0. The molecule has 1 spiro atoms. The largest absolute Gasteiger partial charge is 0.228 e. The zero-order valence-corrected chi connectivity index (χ0v) is 32.2. The second-order valence-electron chi connectivity index (χ2n) is 15.3. The van der Waals surface area contributed by atoms with Gasteiger partial charge in [-0.25, -0.2) is 9.97 Å². The van der Waals surface area contributed by atoms with E-state index in [9.17, 15) is 0 Å². The van der Waals surface area contributed by atoms with Gasteiger partial charge in [0.1, 0.15) is 0 Å². The van der Waals surface area contributed by atoms with E-state index < -0.39 is 5.41 Å². The average Bonchev–Trinajstić information content (AvgIpc) is 3.59. The third-order valence-corrected chi connectivity index (χ3v) is 13.4. The predicted octanol–water partition coefficient (Wildman–Crippen LogP) is 14.3. The van der Waals surface area contributed by atoms with E-state index in [1.807, 2.05) is 36.0 Å². The monoisotopic (exact) mass is 754 g/mol. The van der Waals surface area contributed by atoms with Gasteiger partial charge in [-0.3, -0.25) is 0 Å². The minimum absolute atomic E-state index is 0.460. The van der Waals surface area contributed by atoms with Crippen molar-refractivity contribution < 1.29 is 0 Å². The number of hydrogen-bond donors (Lipinski definition) is 0. The van der Waals surface area contributed by atoms with Crippen LogP contribution in [0.5, 0.6) is 0 Å². The number of nitrogens with zero attached hydrogens (tertiary/aromatic N) is 2. The van der Waals surface area contributed by atoms with E-state index in [2.05, 4.69) is 182 Å². The average molecular weight is 755 g/mol. The van der Waals surface area contributed by atoms with Crippen molar-refractivity contribution in [2.75, 3.05) is 0 Å². The van der Waals surface area contributed by atoms with Crippen molar-refractivity contribution >= 4 is 33.3 Å². The lowest BCUT2D eigenvalue weighted by Gasteiger charge is -2.40. The third kappa shape index (κ3) is 4.93. The number of fused-ring (bicyclic) bond motifs is 13. The fourth-order valence-corrected chi connectivity index (χ4v) is 10.9. The van der Waals surface area contributed by atoms with Gasteiger partial charge in [0.15, 0.2) is 5.82 Å². The Hall–Kier alpha value is -7.07. The zero-order chi connectivity index (χ0) is 38.2. The third-order valence-electron chi connectivity index (χ3n) is 12.2. The number of hydrogen-bond acceptors (Lipinski definition) is 3. The van der Waals surface area contributed by atoms with Crippen LogP contribution >= 0.6 is 11.8 Å². The van der Waals surface area contributed by atoms with E-state index >= 15 is 0 Å². The van der Waals surface area contributed by atoms with Gasteiger partial charge < -0.3 is 0 Å². The van der Waals surface area contributed by atoms with Crippen LogP contribution in [-0.4, -0.2) is 9.97 Å². The highest BCUT2D eigenvalue weighted by Crippen LogP contribution is 2.64. The van der Waals surface area contributed by atoms with Gasteiger partial charge in [0.2, 0.25) is 0 Å². The first-order chi connectivity index (χ1) is 28.7. The molecular formula is C55H34N2S. The Morgan fingerprint density at radius 2 is 0.810 bits per heavy atom. The van der Waals surface area contributed by atoms with Crippen molar-refractivity contribution in [3.05, 3.63) is 229 Å². The van der Waals surface area contributed by atoms with Crippen LogP contribution in [0.2, 0.25) is 0 Å². The van der Waals surface area contributed by atoms with Crippen molar-refractivity contribution in [2.24, 2.45) is 0 Å². The van der Waals surface area contributed by atoms with E-state index in [0.29, 0.717) is 0 Å². The van der Waals surface area contributed by atoms with Crippen molar-refractivity contribution in [1.82, 2.24) is 9.97 Å². The van der Waals surface area contributed by atoms with Gasteiger partial charge in [0, 0.05) is 26.5 Å². The molecule has 0 atom stereocenters. The molecule has 2 aliphatic rings. The molecule has 0 saturated heterocycles. The number of aromatic nitrogens is 2. The lowest BCUT2D eigenvalue weighted by Crippen LogP contribution is -2.32. The molecule has 12 rings (SSSR count). The van der Waals surface area contributed by atoms with Gasteiger partial charge in [0.25, 0.3) is 0 Å². The van der Waals surface area contributed by atoms with E-state index in [1.54, 1.807) is 0 Å². The fraction of sp³-hybridized carbons (Fsp3) is 0.0182. The van der Waals surface area contributed by atoms with Crippen LogP contribution in [0, 0.1) is 0 Å². The molecule has 0 amide bonds. The molecule has 1 aliphatic heterocycles. The minimum Gasteiger partial charge on any atom is -0.228 e. The van der Waals surface area contributed by atoms with Crippen LogP contribution in [0.3, 0.4) is 0 Å². The molecule has 0 saturated carbocycles. The standard InChI is InChI=1S/C55H34N2S/c1-3-15-38(16-4-1)50-34-51(57-54(56-50)40-17-5-2-6-18-40)39-25-23-35(24-26-39)41-29-30-47-45(33-41)44-21-11-12-22-46(44)55(47)48-31-27-36-13-7-9-19-42(36)52(48)58-53-43-20-10-8-14-37(43)28-32-49(53)55/h1-34H. The summed E-state index contributed by atoms with van der Waals surface area (Å²) in [5, 5.41) is 5.15. The molecule has 2 heterocycles. The second kappa shape index (κ2) is 13.0. The molecule has 0 fully saturated rings. The molecule has 0 radical (unpaired) electrons. The summed E-state index contributed by atoms with van der Waals surface area (Å²) < 4.78 is 0. The van der Waals surface area contributed by atoms with Crippen LogP contribution in [0.1, 0.15) is 22.3 Å². The van der Waals surface area contributed by atoms with Crippen molar-refractivity contribution in [1.29, 1.82) is 0 Å². The number of benzene rings is 9. The van der Waals surface area contributed by atoms with E-state index in [1.165, 1.54) is 75.8 Å². The van der Waals surface area contributed by atoms with E-state index in [4.69, 9.17) is 9.97 Å². The molecule has 270 valence electrons. The Balaban J connectivity index is 1.02. The maximum absolute atomic E-state index is 5.08. The van der Waals surface area contributed by atoms with Crippen LogP contribution in [0.15, 0.2) is 216 Å². The highest BCUT2D eigenvalue weighted by atomic mass is 32.2. The summed E-state index contributed by atoms with van der Waals surface area (Å²) in [5.74, 6) is 0.720. The summed E-state index contributed by atoms with van der Waals surface area (Å²) in [6.45, 7) is 0. The predicted molar refractivity (Wildman–Crippen MR) is 240 cm³/mol. The minimum atomic E-state index is -0.460. The molecule has 58 heavy (non-hydrogen) atoms. The van der Waals surface area contributed by atoms with Gasteiger partial charge >= 0.3 is 0 Å². The molecule has 2 nitrogen and oxygen atoms in total. The molecule has 1 aromatic heterocycles. The molecule has 0 unspecified atom stereocenters. The highest BCUT2D eigenvalue weighted by molar-refractivity contribution is 8.00. The van der Waals surface area contributed by atoms with E-state index in [0.717, 1.165) is 33.9 Å². The first-order valence-corrected chi connectivity index (χ1v) is 20.6. The summed E-state index contributed by atoms with van der Waals surface area (Å²) in [7, 11) is 0. The smallest absolute Gasteiger partial charge is 0.160 e. The molecule has 0 bridgehead atoms.